The van der Waals surface area contributed by atoms with Crippen LogP contribution in [0.2, 0.25) is 0 Å². The third-order valence-electron chi connectivity index (χ3n) is 2.62. The van der Waals surface area contributed by atoms with E-state index in [1.807, 2.05) is 0 Å². The Balaban J connectivity index is 2.60. The van der Waals surface area contributed by atoms with Gasteiger partial charge in [0, 0.05) is 13.0 Å². The number of hydrogen-bond acceptors (Lipinski definition) is 3. The summed E-state index contributed by atoms with van der Waals surface area (Å²) in [5, 5.41) is 14.1. The molecule has 0 aliphatic rings. The predicted molar refractivity (Wildman–Crippen MR) is 73.6 cm³/mol. The number of nitrogens with one attached hydrogen (secondary N) is 2. The van der Waals surface area contributed by atoms with Crippen molar-refractivity contribution in [2.24, 2.45) is 5.73 Å². The molecule has 0 bridgehead atoms. The highest BCUT2D eigenvalue weighted by atomic mass is 16.4. The fourth-order valence-electron chi connectivity index (χ4n) is 1.69. The van der Waals surface area contributed by atoms with Gasteiger partial charge < -0.3 is 21.5 Å². The molecule has 1 aromatic rings. The van der Waals surface area contributed by atoms with Crippen LogP contribution in [0.5, 0.6) is 0 Å². The molecule has 0 unspecified atom stereocenters. The van der Waals surface area contributed by atoms with Crippen LogP contribution in [0.4, 0.5) is 10.5 Å². The number of rotatable bonds is 6. The summed E-state index contributed by atoms with van der Waals surface area (Å²) < 4.78 is 0. The molecule has 0 spiro atoms. The van der Waals surface area contributed by atoms with Gasteiger partial charge in [-0.25, -0.2) is 9.59 Å². The maximum atomic E-state index is 11.6. The highest BCUT2D eigenvalue weighted by Gasteiger charge is 2.14. The number of urea groups is 1. The van der Waals surface area contributed by atoms with Crippen LogP contribution in [0, 0.1) is 6.92 Å². The van der Waals surface area contributed by atoms with Gasteiger partial charge >= 0.3 is 12.0 Å². The molecular formula is C13H17N3O4. The fourth-order valence-corrected chi connectivity index (χ4v) is 1.69. The second kappa shape index (κ2) is 7.13. The molecule has 7 heteroatoms. The topological polar surface area (TPSA) is 122 Å². The first-order valence-electron chi connectivity index (χ1n) is 6.08. The summed E-state index contributed by atoms with van der Waals surface area (Å²) in [6.45, 7) is 1.93. The molecule has 1 aromatic carbocycles. The van der Waals surface area contributed by atoms with E-state index in [0.717, 1.165) is 0 Å². The summed E-state index contributed by atoms with van der Waals surface area (Å²) in [5.74, 6) is -1.54. The minimum atomic E-state index is -1.10. The number of amides is 3. The number of anilines is 1. The zero-order valence-electron chi connectivity index (χ0n) is 11.1. The second-order valence-corrected chi connectivity index (χ2v) is 4.25. The van der Waals surface area contributed by atoms with Crippen LogP contribution in [0.25, 0.3) is 0 Å². The molecule has 20 heavy (non-hydrogen) atoms. The average Bonchev–Trinajstić information content (AvgIpc) is 2.34. The van der Waals surface area contributed by atoms with Crippen molar-refractivity contribution in [3.63, 3.8) is 0 Å². The van der Waals surface area contributed by atoms with Crippen molar-refractivity contribution in [3.8, 4) is 0 Å². The van der Waals surface area contributed by atoms with Crippen molar-refractivity contribution >= 4 is 23.6 Å². The minimum absolute atomic E-state index is 0.0554. The molecule has 0 fully saturated rings. The highest BCUT2D eigenvalue weighted by Crippen LogP contribution is 2.19. The molecular weight excluding hydrogens is 262 g/mol. The Kier molecular flexibility index (Phi) is 5.52. The summed E-state index contributed by atoms with van der Waals surface area (Å²) in [6.07, 6.45) is 0.619. The van der Waals surface area contributed by atoms with Gasteiger partial charge in [0.05, 0.1) is 11.3 Å². The van der Waals surface area contributed by atoms with Crippen LogP contribution < -0.4 is 16.4 Å². The monoisotopic (exact) mass is 279 g/mol. The molecule has 1 rings (SSSR count). The number of carboxylic acids is 1. The largest absolute Gasteiger partial charge is 0.478 e. The maximum absolute atomic E-state index is 11.6. The Hall–Kier alpha value is -2.57. The maximum Gasteiger partial charge on any atom is 0.338 e. The van der Waals surface area contributed by atoms with E-state index in [4.69, 9.17) is 10.8 Å². The van der Waals surface area contributed by atoms with E-state index in [1.165, 1.54) is 6.07 Å². The normalized spacial score (nSPS) is 9.85. The van der Waals surface area contributed by atoms with Crippen molar-refractivity contribution in [2.75, 3.05) is 11.9 Å². The third kappa shape index (κ3) is 4.60. The quantitative estimate of drug-likeness (QED) is 0.582. The SMILES string of the molecule is Cc1cccc(NC(=O)NCCCC(N)=O)c1C(=O)O. The smallest absolute Gasteiger partial charge is 0.338 e. The summed E-state index contributed by atoms with van der Waals surface area (Å²) in [7, 11) is 0. The standard InChI is InChI=1S/C13H17N3O4/c1-8-4-2-5-9(11(8)12(18)19)16-13(20)15-7-3-6-10(14)17/h2,4-5H,3,6-7H2,1H3,(H2,14,17)(H,18,19)(H2,15,16,20). The Bertz CT molecular complexity index is 528. The number of primary amides is 1. The van der Waals surface area contributed by atoms with E-state index < -0.39 is 17.9 Å². The lowest BCUT2D eigenvalue weighted by molar-refractivity contribution is -0.118. The van der Waals surface area contributed by atoms with Gasteiger partial charge in [0.25, 0.3) is 0 Å². The number of carbonyl (C=O) groups excluding carboxylic acids is 2. The Morgan fingerprint density at radius 2 is 2.00 bits per heavy atom. The van der Waals surface area contributed by atoms with Crippen LogP contribution in [0.15, 0.2) is 18.2 Å². The molecule has 0 saturated carbocycles. The lowest BCUT2D eigenvalue weighted by atomic mass is 10.1. The van der Waals surface area contributed by atoms with Gasteiger partial charge in [-0.15, -0.1) is 0 Å². The molecule has 3 amide bonds. The Labute approximate surface area is 116 Å². The summed E-state index contributed by atoms with van der Waals surface area (Å²) in [4.78, 5) is 33.3. The van der Waals surface area contributed by atoms with E-state index in [9.17, 15) is 14.4 Å². The molecule has 108 valence electrons. The minimum Gasteiger partial charge on any atom is -0.478 e. The molecule has 0 aliphatic carbocycles. The molecule has 0 aromatic heterocycles. The molecule has 0 saturated heterocycles. The van der Waals surface area contributed by atoms with E-state index in [-0.39, 0.29) is 24.2 Å². The van der Waals surface area contributed by atoms with Crippen molar-refractivity contribution < 1.29 is 19.5 Å². The molecule has 0 radical (unpaired) electrons. The van der Waals surface area contributed by atoms with E-state index in [2.05, 4.69) is 10.6 Å². The zero-order valence-corrected chi connectivity index (χ0v) is 11.1. The molecule has 5 N–H and O–H groups in total. The molecule has 0 heterocycles. The third-order valence-corrected chi connectivity index (χ3v) is 2.62. The van der Waals surface area contributed by atoms with Gasteiger partial charge in [-0.05, 0) is 25.0 Å². The number of carboxylic acid groups (broad SMARTS) is 1. The number of aryl methyl sites for hydroxylation is 1. The number of hydrogen-bond donors (Lipinski definition) is 4. The van der Waals surface area contributed by atoms with Crippen LogP contribution in [-0.2, 0) is 4.79 Å². The van der Waals surface area contributed by atoms with Gasteiger partial charge in [0.1, 0.15) is 0 Å². The molecule has 0 aliphatic heterocycles. The average molecular weight is 279 g/mol. The first-order chi connectivity index (χ1) is 9.41. The van der Waals surface area contributed by atoms with Gasteiger partial charge in [-0.2, -0.15) is 0 Å². The lowest BCUT2D eigenvalue weighted by Crippen LogP contribution is -2.30. The van der Waals surface area contributed by atoms with Gasteiger partial charge in [0.2, 0.25) is 5.91 Å². The first kappa shape index (κ1) is 15.5. The molecule has 7 nitrogen and oxygen atoms in total. The van der Waals surface area contributed by atoms with Crippen molar-refractivity contribution in [1.82, 2.24) is 5.32 Å². The van der Waals surface area contributed by atoms with Crippen LogP contribution in [0.3, 0.4) is 0 Å². The van der Waals surface area contributed by atoms with Crippen molar-refractivity contribution in [2.45, 2.75) is 19.8 Å². The predicted octanol–water partition coefficient (Wildman–Crippen LogP) is 1.08. The zero-order chi connectivity index (χ0) is 15.1. The number of aromatic carboxylic acids is 1. The Morgan fingerprint density at radius 3 is 2.60 bits per heavy atom. The lowest BCUT2D eigenvalue weighted by Gasteiger charge is -2.11. The number of benzene rings is 1. The second-order valence-electron chi connectivity index (χ2n) is 4.25. The number of carbonyl (C=O) groups is 3. The summed E-state index contributed by atoms with van der Waals surface area (Å²) in [6, 6.07) is 4.30. The van der Waals surface area contributed by atoms with Crippen LogP contribution >= 0.6 is 0 Å². The van der Waals surface area contributed by atoms with Crippen molar-refractivity contribution in [3.05, 3.63) is 29.3 Å². The van der Waals surface area contributed by atoms with Gasteiger partial charge in [-0.1, -0.05) is 12.1 Å². The molecule has 0 atom stereocenters. The van der Waals surface area contributed by atoms with Crippen LogP contribution in [-0.4, -0.2) is 29.6 Å². The fraction of sp³-hybridized carbons (Fsp3) is 0.308. The summed E-state index contributed by atoms with van der Waals surface area (Å²) in [5.41, 5.74) is 5.81. The van der Waals surface area contributed by atoms with Gasteiger partial charge in [0.15, 0.2) is 0 Å². The van der Waals surface area contributed by atoms with E-state index in [0.29, 0.717) is 12.0 Å². The van der Waals surface area contributed by atoms with Crippen LogP contribution in [0.1, 0.15) is 28.8 Å². The summed E-state index contributed by atoms with van der Waals surface area (Å²) >= 11 is 0. The number of nitrogens with two attached hydrogens (primary N) is 1. The highest BCUT2D eigenvalue weighted by molar-refractivity contribution is 6.01. The first-order valence-corrected chi connectivity index (χ1v) is 6.08. The van der Waals surface area contributed by atoms with E-state index >= 15 is 0 Å². The van der Waals surface area contributed by atoms with Gasteiger partial charge in [-0.3, -0.25) is 4.79 Å². The van der Waals surface area contributed by atoms with Crippen molar-refractivity contribution in [1.29, 1.82) is 0 Å². The van der Waals surface area contributed by atoms with E-state index in [1.54, 1.807) is 19.1 Å². The Morgan fingerprint density at radius 1 is 1.30 bits per heavy atom.